The molecule has 10 atom stereocenters. The molecular weight excluding hydrogens is 1190 g/mol. The highest BCUT2D eigenvalue weighted by Crippen LogP contribution is 2.44. The molecule has 0 bridgehead atoms. The number of fused-ring (bicyclic) bond motifs is 1. The van der Waals surface area contributed by atoms with Gasteiger partial charge in [-0.1, -0.05) is 86.5 Å². The van der Waals surface area contributed by atoms with Crippen LogP contribution in [-0.2, 0) is 52.7 Å². The predicted octanol–water partition coefficient (Wildman–Crippen LogP) is 5.23. The molecule has 0 radical (unpaired) electrons. The number of halogens is 4. The van der Waals surface area contributed by atoms with Gasteiger partial charge in [0.2, 0.25) is 65.0 Å². The summed E-state index contributed by atoms with van der Waals surface area (Å²) in [6.07, 6.45) is 2.66. The maximum atomic E-state index is 15.1. The van der Waals surface area contributed by atoms with Gasteiger partial charge in [-0.15, -0.1) is 11.6 Å². The highest BCUT2D eigenvalue weighted by molar-refractivity contribution is 6.20. The van der Waals surface area contributed by atoms with E-state index < -0.39 is 156 Å². The molecule has 22 nitrogen and oxygen atoms in total. The first-order valence-corrected chi connectivity index (χ1v) is 33.3. The summed E-state index contributed by atoms with van der Waals surface area (Å²) in [5, 5.41) is 10.4. The Labute approximate surface area is 536 Å². The lowest BCUT2D eigenvalue weighted by atomic mass is 9.78. The van der Waals surface area contributed by atoms with E-state index in [0.29, 0.717) is 19.3 Å². The van der Waals surface area contributed by atoms with Crippen molar-refractivity contribution >= 4 is 76.6 Å². The number of rotatable bonds is 10. The molecule has 0 aromatic carbocycles. The minimum atomic E-state index is -4.49. The van der Waals surface area contributed by atoms with E-state index in [2.05, 4.69) is 21.3 Å². The van der Waals surface area contributed by atoms with Crippen molar-refractivity contribution in [2.24, 2.45) is 35.5 Å². The van der Waals surface area contributed by atoms with E-state index in [1.54, 1.807) is 20.8 Å². The highest BCUT2D eigenvalue weighted by Gasteiger charge is 2.50. The van der Waals surface area contributed by atoms with Crippen LogP contribution in [0.1, 0.15) is 177 Å². The molecule has 3 saturated carbocycles. The van der Waals surface area contributed by atoms with Gasteiger partial charge in [-0.3, -0.25) is 52.7 Å². The van der Waals surface area contributed by atoms with Crippen molar-refractivity contribution in [3.8, 4) is 0 Å². The minimum Gasteiger partial charge on any atom is -0.351 e. The fraction of sp³-hybridized carbons (Fsp3) is 0.828. The monoisotopic (exact) mass is 1300 g/mol. The lowest BCUT2D eigenvalue weighted by Gasteiger charge is -2.39. The Bertz CT molecular complexity index is 2550. The van der Waals surface area contributed by atoms with Gasteiger partial charge in [0.25, 0.3) is 0 Å². The molecule has 0 aromatic rings. The van der Waals surface area contributed by atoms with Crippen LogP contribution in [0.15, 0.2) is 0 Å². The molecule has 3 unspecified atom stereocenters. The normalized spacial score (nSPS) is 29.6. The summed E-state index contributed by atoms with van der Waals surface area (Å²) < 4.78 is 41.7. The second-order valence-corrected chi connectivity index (χ2v) is 28.5. The summed E-state index contributed by atoms with van der Waals surface area (Å²) in [7, 11) is 8.61. The third kappa shape index (κ3) is 20.1. The van der Waals surface area contributed by atoms with Gasteiger partial charge in [0.05, 0.1) is 25.6 Å². The van der Waals surface area contributed by atoms with E-state index in [4.69, 9.17) is 11.6 Å². The average molecular weight is 1300 g/mol. The SMILES string of the molecule is CC(C)C[C@H]1C(=O)N[C@@H](C(C)C)C(=O)N(C)CC(=O)N(C)CC(=O)N(C)[C@@H](CC2CCCCC2)C(=O)N(C)CC(=O)N[C@@H](CCC2CCC(C(F)(F)F)C(Cl)C2)C(=O)N2CCC[C@H]2C(=O)NC2(CCCC2)C(=O)N(C)[C@@H](CC(C)C)C(=O)N[C@H](C)CC(=O)N1C. The number of carbonyl (C=O) groups excluding carboxylic acids is 11. The molecule has 5 rings (SSSR count). The zero-order valence-corrected chi connectivity index (χ0v) is 56.4. The van der Waals surface area contributed by atoms with Crippen LogP contribution in [0.4, 0.5) is 13.2 Å². The molecule has 2 saturated heterocycles. The summed E-state index contributed by atoms with van der Waals surface area (Å²) in [6, 6.07) is -7.56. The number of nitrogens with zero attached hydrogens (tertiary/aromatic N) is 7. The Kier molecular flexibility index (Phi) is 27.7. The van der Waals surface area contributed by atoms with Crippen LogP contribution >= 0.6 is 11.6 Å². The lowest BCUT2D eigenvalue weighted by molar-refractivity contribution is -0.182. The number of nitrogens with one attached hydrogen (secondary N) is 4. The van der Waals surface area contributed by atoms with Gasteiger partial charge in [-0.25, -0.2) is 0 Å². The van der Waals surface area contributed by atoms with Crippen LogP contribution < -0.4 is 21.3 Å². The predicted molar refractivity (Wildman–Crippen MR) is 333 cm³/mol. The number of amides is 11. The van der Waals surface area contributed by atoms with Crippen LogP contribution in [0.2, 0.25) is 0 Å². The molecule has 5 aliphatic rings. The van der Waals surface area contributed by atoms with E-state index in [0.717, 1.165) is 46.8 Å². The second kappa shape index (κ2) is 33.2. The number of likely N-dealkylation sites (N-methyl/N-ethyl adjacent to an activating group) is 6. The van der Waals surface area contributed by atoms with E-state index in [9.17, 15) is 56.3 Å². The van der Waals surface area contributed by atoms with Gasteiger partial charge in [0.15, 0.2) is 0 Å². The van der Waals surface area contributed by atoms with Crippen molar-refractivity contribution in [3.63, 3.8) is 0 Å². The number of carbonyl (C=O) groups is 11. The summed E-state index contributed by atoms with van der Waals surface area (Å²) >= 11 is 6.36. The smallest absolute Gasteiger partial charge is 0.351 e. The van der Waals surface area contributed by atoms with Gasteiger partial charge in [0.1, 0.15) is 41.8 Å². The van der Waals surface area contributed by atoms with Crippen LogP contribution in [0, 0.1) is 35.5 Å². The second-order valence-electron chi connectivity index (χ2n) is 28.0. The van der Waals surface area contributed by atoms with Crippen molar-refractivity contribution in [1.82, 2.24) is 55.6 Å². The Hall–Kier alpha value is -5.75. The lowest BCUT2D eigenvalue weighted by Crippen LogP contribution is -2.64. The van der Waals surface area contributed by atoms with Crippen LogP contribution in [0.5, 0.6) is 0 Å². The maximum Gasteiger partial charge on any atom is 0.393 e. The third-order valence-electron chi connectivity index (χ3n) is 19.3. The first-order valence-electron chi connectivity index (χ1n) is 32.8. The minimum absolute atomic E-state index is 0.0148. The Morgan fingerprint density at radius 2 is 1.13 bits per heavy atom. The molecule has 2 heterocycles. The topological polar surface area (TPSA) is 259 Å². The first-order chi connectivity index (χ1) is 42.1. The maximum absolute atomic E-state index is 15.1. The van der Waals surface area contributed by atoms with Crippen LogP contribution in [0.3, 0.4) is 0 Å². The van der Waals surface area contributed by atoms with Crippen molar-refractivity contribution in [2.45, 2.75) is 236 Å². The van der Waals surface area contributed by atoms with Gasteiger partial charge < -0.3 is 55.6 Å². The number of hydrogen-bond acceptors (Lipinski definition) is 11. The van der Waals surface area contributed by atoms with Crippen LogP contribution in [-0.4, -0.2) is 227 Å². The molecule has 2 aliphatic heterocycles. The molecule has 0 aromatic heterocycles. The molecule has 510 valence electrons. The molecular formula is C64H105ClF3N11O11. The van der Waals surface area contributed by atoms with Crippen molar-refractivity contribution in [1.29, 1.82) is 0 Å². The Balaban J connectivity index is 1.52. The highest BCUT2D eigenvalue weighted by atomic mass is 35.5. The van der Waals surface area contributed by atoms with E-state index >= 15 is 9.59 Å². The van der Waals surface area contributed by atoms with Crippen LogP contribution in [0.25, 0.3) is 0 Å². The fourth-order valence-corrected chi connectivity index (χ4v) is 14.4. The van der Waals surface area contributed by atoms with Crippen molar-refractivity contribution < 1.29 is 65.9 Å². The zero-order chi connectivity index (χ0) is 67.3. The molecule has 26 heteroatoms. The number of hydrogen-bond donors (Lipinski definition) is 4. The largest absolute Gasteiger partial charge is 0.393 e. The Morgan fingerprint density at radius 3 is 1.71 bits per heavy atom. The molecule has 3 aliphatic carbocycles. The third-order valence-corrected chi connectivity index (χ3v) is 19.8. The van der Waals surface area contributed by atoms with Gasteiger partial charge in [-0.2, -0.15) is 13.2 Å². The van der Waals surface area contributed by atoms with Gasteiger partial charge in [-0.05, 0) is 114 Å². The molecule has 5 fully saturated rings. The molecule has 11 amide bonds. The van der Waals surface area contributed by atoms with Crippen molar-refractivity contribution in [3.05, 3.63) is 0 Å². The average Bonchev–Trinajstić information content (AvgIpc) is 1.56. The van der Waals surface area contributed by atoms with Gasteiger partial charge >= 0.3 is 6.18 Å². The molecule has 1 spiro atoms. The van der Waals surface area contributed by atoms with Gasteiger partial charge in [0, 0.05) is 66.7 Å². The van der Waals surface area contributed by atoms with Crippen molar-refractivity contribution in [2.75, 3.05) is 68.5 Å². The van der Waals surface area contributed by atoms with E-state index in [1.165, 1.54) is 61.9 Å². The summed E-state index contributed by atoms with van der Waals surface area (Å²) in [5.74, 6) is -9.27. The first kappa shape index (κ1) is 75.0. The fourth-order valence-electron chi connectivity index (χ4n) is 13.8. The van der Waals surface area contributed by atoms with E-state index in [-0.39, 0.29) is 107 Å². The summed E-state index contributed by atoms with van der Waals surface area (Å²) in [5.41, 5.74) is -1.47. The summed E-state index contributed by atoms with van der Waals surface area (Å²) in [4.78, 5) is 168. The molecule has 4 N–H and O–H groups in total. The quantitative estimate of drug-likeness (QED) is 0.206. The number of alkyl halides is 4. The zero-order valence-electron chi connectivity index (χ0n) is 55.7. The molecule has 90 heavy (non-hydrogen) atoms. The Morgan fingerprint density at radius 1 is 0.567 bits per heavy atom. The summed E-state index contributed by atoms with van der Waals surface area (Å²) in [6.45, 7) is 11.2. The van der Waals surface area contributed by atoms with E-state index in [1.807, 2.05) is 27.7 Å². The standard InChI is InChI=1S/C64H105ClF3N11O11/c1-38(2)30-48-57(85)71-55(40(5)6)61(89)75(10)36-53(82)73(8)37-54(83)77(12)50(34-42-20-15-14-16-21-42)60(88)74(9)35-51(80)70-46(26-24-43-23-25-44(45(65)33-43)64(66,67)68)59(87)79-29-19-22-47(79)58(86)72-63(27-17-18-28-63)62(90)78(13)49(31-39(3)4)56(84)69-41(7)32-52(81)76(48)11/h38-50,55H,14-37H2,1-13H3,(H,69,84)(H,70,80)(H,71,85)(H,72,86)/t41-,43?,44?,45?,46+,47+,48+,49+,50+,55+/m1/s1.